The third kappa shape index (κ3) is 5.95. The van der Waals surface area contributed by atoms with Gasteiger partial charge in [-0.05, 0) is 34.7 Å². The number of aliphatic imine (C=N–C) groups is 1. The Morgan fingerprint density at radius 1 is 1.17 bits per heavy atom. The average molecular weight is 327 g/mol. The Morgan fingerprint density at radius 2 is 1.88 bits per heavy atom. The minimum atomic E-state index is -0.474. The molecule has 0 aliphatic rings. The van der Waals surface area contributed by atoms with Crippen molar-refractivity contribution in [3.8, 4) is 5.75 Å². The van der Waals surface area contributed by atoms with Crippen LogP contribution in [0.25, 0.3) is 0 Å². The molecule has 0 aliphatic heterocycles. The van der Waals surface area contributed by atoms with Gasteiger partial charge in [-0.3, -0.25) is 4.79 Å². The van der Waals surface area contributed by atoms with Crippen molar-refractivity contribution in [2.24, 2.45) is 10.4 Å². The van der Waals surface area contributed by atoms with Gasteiger partial charge in [-0.2, -0.15) is 0 Å². The van der Waals surface area contributed by atoms with Crippen LogP contribution < -0.4 is 4.74 Å². The van der Waals surface area contributed by atoms with Crippen molar-refractivity contribution in [3.05, 3.63) is 65.5 Å². The monoisotopic (exact) mass is 327 g/mol. The van der Waals surface area contributed by atoms with Gasteiger partial charge in [0.05, 0.1) is 0 Å². The maximum Gasteiger partial charge on any atom is 0.246 e. The standard InChI is InChI=1S/C20H22FNO2/c1-20(2,3)12-19(23)22-13-16-9-10-18(17(21)11-16)24-14-15-7-5-4-6-8-15/h4-11,13H,12,14H2,1-3H3. The van der Waals surface area contributed by atoms with Crippen molar-refractivity contribution in [2.45, 2.75) is 33.8 Å². The summed E-state index contributed by atoms with van der Waals surface area (Å²) in [4.78, 5) is 15.6. The Labute approximate surface area is 142 Å². The number of ether oxygens (including phenoxy) is 1. The number of amides is 1. The van der Waals surface area contributed by atoms with Crippen LogP contribution in [0.2, 0.25) is 0 Å². The molecular weight excluding hydrogens is 305 g/mol. The summed E-state index contributed by atoms with van der Waals surface area (Å²) in [6.07, 6.45) is 1.74. The molecule has 0 spiro atoms. The maximum absolute atomic E-state index is 14.1. The van der Waals surface area contributed by atoms with Crippen LogP contribution in [0.3, 0.4) is 0 Å². The average Bonchev–Trinajstić information content (AvgIpc) is 2.51. The molecule has 126 valence electrons. The lowest BCUT2D eigenvalue weighted by Gasteiger charge is -2.14. The first kappa shape index (κ1) is 17.9. The quantitative estimate of drug-likeness (QED) is 0.741. The van der Waals surface area contributed by atoms with Gasteiger partial charge >= 0.3 is 0 Å². The summed E-state index contributed by atoms with van der Waals surface area (Å²) < 4.78 is 19.6. The first-order valence-electron chi connectivity index (χ1n) is 7.87. The molecule has 2 aromatic rings. The van der Waals surface area contributed by atoms with E-state index in [2.05, 4.69) is 4.99 Å². The van der Waals surface area contributed by atoms with Gasteiger partial charge in [-0.15, -0.1) is 0 Å². The lowest BCUT2D eigenvalue weighted by molar-refractivity contribution is -0.119. The molecule has 0 bridgehead atoms. The van der Waals surface area contributed by atoms with Gasteiger partial charge in [0.2, 0.25) is 5.91 Å². The van der Waals surface area contributed by atoms with Crippen molar-refractivity contribution >= 4 is 12.1 Å². The zero-order valence-electron chi connectivity index (χ0n) is 14.3. The number of hydrogen-bond acceptors (Lipinski definition) is 2. The van der Waals surface area contributed by atoms with E-state index in [1.807, 2.05) is 51.1 Å². The Kier molecular flexibility index (Phi) is 5.85. The summed E-state index contributed by atoms with van der Waals surface area (Å²) >= 11 is 0. The van der Waals surface area contributed by atoms with E-state index in [4.69, 9.17) is 4.74 Å². The summed E-state index contributed by atoms with van der Waals surface area (Å²) in [5.74, 6) is -0.512. The van der Waals surface area contributed by atoms with Gasteiger partial charge in [-0.1, -0.05) is 51.1 Å². The van der Waals surface area contributed by atoms with Crippen molar-refractivity contribution < 1.29 is 13.9 Å². The first-order chi connectivity index (χ1) is 11.3. The van der Waals surface area contributed by atoms with E-state index in [-0.39, 0.29) is 17.1 Å². The van der Waals surface area contributed by atoms with Crippen LogP contribution in [-0.4, -0.2) is 12.1 Å². The minimum absolute atomic E-state index is 0.116. The number of hydrogen-bond donors (Lipinski definition) is 0. The van der Waals surface area contributed by atoms with E-state index in [1.54, 1.807) is 12.1 Å². The normalized spacial score (nSPS) is 11.7. The fourth-order valence-corrected chi connectivity index (χ4v) is 2.10. The molecule has 4 heteroatoms. The SMILES string of the molecule is CC(C)(C)CC(=O)N=Cc1ccc(OCc2ccccc2)c(F)c1. The number of rotatable bonds is 5. The number of carbonyl (C=O) groups excluding carboxylic acids is 1. The third-order valence-corrected chi connectivity index (χ3v) is 3.23. The summed E-state index contributed by atoms with van der Waals surface area (Å²) in [6.45, 7) is 6.21. The molecule has 1 amide bonds. The highest BCUT2D eigenvalue weighted by molar-refractivity contribution is 5.92. The van der Waals surface area contributed by atoms with Crippen molar-refractivity contribution in [1.82, 2.24) is 0 Å². The second-order valence-corrected chi connectivity index (χ2v) is 6.85. The van der Waals surface area contributed by atoms with Crippen molar-refractivity contribution in [2.75, 3.05) is 0 Å². The molecule has 24 heavy (non-hydrogen) atoms. The zero-order valence-corrected chi connectivity index (χ0v) is 14.3. The number of nitrogens with zero attached hydrogens (tertiary/aromatic N) is 1. The van der Waals surface area contributed by atoms with Gasteiger partial charge in [0.15, 0.2) is 11.6 Å². The molecule has 0 atom stereocenters. The van der Waals surface area contributed by atoms with Crippen molar-refractivity contribution in [3.63, 3.8) is 0 Å². The molecule has 0 fully saturated rings. The number of benzene rings is 2. The van der Waals surface area contributed by atoms with E-state index in [9.17, 15) is 9.18 Å². The molecule has 2 aromatic carbocycles. The van der Waals surface area contributed by atoms with E-state index in [0.717, 1.165) is 5.56 Å². The topological polar surface area (TPSA) is 38.7 Å². The van der Waals surface area contributed by atoms with Crippen LogP contribution in [0, 0.1) is 11.2 Å². The second kappa shape index (κ2) is 7.86. The Bertz CT molecular complexity index is 718. The summed E-state index contributed by atoms with van der Waals surface area (Å²) in [7, 11) is 0. The van der Waals surface area contributed by atoms with E-state index < -0.39 is 5.82 Å². The van der Waals surface area contributed by atoms with Gasteiger partial charge in [0.1, 0.15) is 6.61 Å². The molecule has 0 saturated heterocycles. The zero-order chi connectivity index (χ0) is 17.6. The number of carbonyl (C=O) groups is 1. The lowest BCUT2D eigenvalue weighted by Crippen LogP contribution is -2.11. The largest absolute Gasteiger partial charge is 0.486 e. The summed E-state index contributed by atoms with van der Waals surface area (Å²) in [5.41, 5.74) is 1.38. The predicted octanol–water partition coefficient (Wildman–Crippen LogP) is 4.79. The van der Waals surface area contributed by atoms with Crippen LogP contribution >= 0.6 is 0 Å². The van der Waals surface area contributed by atoms with Crippen LogP contribution in [0.15, 0.2) is 53.5 Å². The highest BCUT2D eigenvalue weighted by Crippen LogP contribution is 2.20. The third-order valence-electron chi connectivity index (χ3n) is 3.23. The molecule has 0 aliphatic carbocycles. The predicted molar refractivity (Wildman–Crippen MR) is 93.8 cm³/mol. The molecule has 3 nitrogen and oxygen atoms in total. The summed E-state index contributed by atoms with van der Waals surface area (Å²) in [6, 6.07) is 14.1. The first-order valence-corrected chi connectivity index (χ1v) is 7.87. The van der Waals surface area contributed by atoms with E-state index in [1.165, 1.54) is 12.3 Å². The highest BCUT2D eigenvalue weighted by Gasteiger charge is 2.14. The molecule has 0 heterocycles. The Balaban J connectivity index is 1.98. The Morgan fingerprint density at radius 3 is 2.50 bits per heavy atom. The number of halogens is 1. The van der Waals surface area contributed by atoms with Crippen molar-refractivity contribution in [1.29, 1.82) is 0 Å². The lowest BCUT2D eigenvalue weighted by atomic mass is 9.92. The van der Waals surface area contributed by atoms with Crippen LogP contribution in [0.5, 0.6) is 5.75 Å². The highest BCUT2D eigenvalue weighted by atomic mass is 19.1. The fraction of sp³-hybridized carbons (Fsp3) is 0.300. The van der Waals surface area contributed by atoms with Crippen LogP contribution in [0.4, 0.5) is 4.39 Å². The van der Waals surface area contributed by atoms with Gasteiger partial charge in [0, 0.05) is 12.6 Å². The molecule has 0 radical (unpaired) electrons. The van der Waals surface area contributed by atoms with Crippen LogP contribution in [-0.2, 0) is 11.4 Å². The molecule has 2 rings (SSSR count). The van der Waals surface area contributed by atoms with E-state index >= 15 is 0 Å². The van der Waals surface area contributed by atoms with Gasteiger partial charge < -0.3 is 4.74 Å². The minimum Gasteiger partial charge on any atom is -0.486 e. The molecule has 0 aromatic heterocycles. The van der Waals surface area contributed by atoms with E-state index in [0.29, 0.717) is 18.6 Å². The second-order valence-electron chi connectivity index (χ2n) is 6.85. The fourth-order valence-electron chi connectivity index (χ4n) is 2.10. The molecule has 0 saturated carbocycles. The maximum atomic E-state index is 14.1. The van der Waals surface area contributed by atoms with Gasteiger partial charge in [0.25, 0.3) is 0 Å². The Hall–Kier alpha value is -2.49. The van der Waals surface area contributed by atoms with Crippen LogP contribution in [0.1, 0.15) is 38.3 Å². The molecular formula is C20H22FNO2. The van der Waals surface area contributed by atoms with Gasteiger partial charge in [-0.25, -0.2) is 9.38 Å². The molecule has 0 unspecified atom stereocenters. The smallest absolute Gasteiger partial charge is 0.246 e. The molecule has 0 N–H and O–H groups in total. The summed E-state index contributed by atoms with van der Waals surface area (Å²) in [5, 5.41) is 0.